The van der Waals surface area contributed by atoms with E-state index in [1.807, 2.05) is 13.0 Å². The van der Waals surface area contributed by atoms with Crippen molar-refractivity contribution in [2.24, 2.45) is 0 Å². The molecule has 3 aromatic heterocycles. The molecule has 0 fully saturated rings. The van der Waals surface area contributed by atoms with Gasteiger partial charge in [0.2, 0.25) is 0 Å². The summed E-state index contributed by atoms with van der Waals surface area (Å²) in [6.45, 7) is 1.99. The van der Waals surface area contributed by atoms with Gasteiger partial charge in [-0.3, -0.25) is 0 Å². The summed E-state index contributed by atoms with van der Waals surface area (Å²) < 4.78 is 0. The van der Waals surface area contributed by atoms with Gasteiger partial charge in [0.1, 0.15) is 5.69 Å². The summed E-state index contributed by atoms with van der Waals surface area (Å²) in [4.78, 5) is 19.9. The second kappa shape index (κ2) is 3.51. The largest absolute Gasteiger partial charge is 0.382 e. The van der Waals surface area contributed by atoms with Crippen LogP contribution >= 0.6 is 0 Å². The van der Waals surface area contributed by atoms with E-state index in [0.29, 0.717) is 23.0 Å². The molecule has 0 aliphatic heterocycles. The number of rotatable bonds is 1. The fourth-order valence-electron chi connectivity index (χ4n) is 1.68. The molecule has 3 rings (SSSR count). The minimum Gasteiger partial charge on any atom is -0.382 e. The van der Waals surface area contributed by atoms with Gasteiger partial charge < -0.3 is 10.7 Å². The van der Waals surface area contributed by atoms with E-state index in [1.54, 1.807) is 18.6 Å². The summed E-state index contributed by atoms with van der Waals surface area (Å²) >= 11 is 0. The van der Waals surface area contributed by atoms with E-state index in [0.717, 1.165) is 11.1 Å². The zero-order valence-electron chi connectivity index (χ0n) is 9.18. The van der Waals surface area contributed by atoms with Crippen molar-refractivity contribution in [2.45, 2.75) is 6.92 Å². The van der Waals surface area contributed by atoms with Gasteiger partial charge in [-0.15, -0.1) is 0 Å². The quantitative estimate of drug-likeness (QED) is 0.652. The van der Waals surface area contributed by atoms with Crippen LogP contribution < -0.4 is 5.73 Å². The van der Waals surface area contributed by atoms with Crippen LogP contribution in [0.3, 0.4) is 0 Å². The van der Waals surface area contributed by atoms with Crippen molar-refractivity contribution in [1.82, 2.24) is 24.9 Å². The number of nitrogen functional groups attached to an aromatic ring is 1. The fourth-order valence-corrected chi connectivity index (χ4v) is 1.68. The number of anilines is 1. The Morgan fingerprint density at radius 2 is 1.94 bits per heavy atom. The monoisotopic (exact) mass is 226 g/mol. The minimum atomic E-state index is 0.351. The zero-order valence-corrected chi connectivity index (χ0v) is 9.18. The first kappa shape index (κ1) is 9.71. The Morgan fingerprint density at radius 1 is 1.12 bits per heavy atom. The Hall–Kier alpha value is -2.50. The van der Waals surface area contributed by atoms with Gasteiger partial charge in [0.15, 0.2) is 17.3 Å². The molecule has 0 radical (unpaired) electrons. The summed E-state index contributed by atoms with van der Waals surface area (Å²) in [5.41, 5.74) is 8.94. The third kappa shape index (κ3) is 1.50. The molecular formula is C11H10N6. The van der Waals surface area contributed by atoms with E-state index >= 15 is 0 Å². The van der Waals surface area contributed by atoms with Crippen molar-refractivity contribution in [3.63, 3.8) is 0 Å². The molecule has 6 heteroatoms. The molecule has 0 aliphatic carbocycles. The number of pyridine rings is 1. The van der Waals surface area contributed by atoms with Crippen LogP contribution in [-0.2, 0) is 0 Å². The smallest absolute Gasteiger partial charge is 0.178 e. The Bertz CT molecular complexity index is 687. The molecule has 3 heterocycles. The molecule has 6 nitrogen and oxygen atoms in total. The molecule has 0 amide bonds. The molecule has 84 valence electrons. The van der Waals surface area contributed by atoms with Crippen molar-refractivity contribution >= 4 is 17.0 Å². The molecule has 0 saturated heterocycles. The van der Waals surface area contributed by atoms with Crippen LogP contribution in [-0.4, -0.2) is 24.9 Å². The fraction of sp³-hybridized carbons (Fsp3) is 0.0909. The van der Waals surface area contributed by atoms with Crippen LogP contribution in [0.2, 0.25) is 0 Å². The number of aromatic amines is 1. The van der Waals surface area contributed by atoms with E-state index in [9.17, 15) is 0 Å². The maximum absolute atomic E-state index is 5.76. The molecule has 17 heavy (non-hydrogen) atoms. The number of aromatic nitrogens is 5. The van der Waals surface area contributed by atoms with Gasteiger partial charge in [-0.05, 0) is 18.6 Å². The van der Waals surface area contributed by atoms with E-state index in [4.69, 9.17) is 5.73 Å². The van der Waals surface area contributed by atoms with Crippen LogP contribution in [0.15, 0.2) is 24.7 Å². The SMILES string of the molecule is Cc1ccnc2nc(-c3nccnc3N)[nH]c12. The van der Waals surface area contributed by atoms with Crippen LogP contribution in [0.5, 0.6) is 0 Å². The van der Waals surface area contributed by atoms with Crippen molar-refractivity contribution in [2.75, 3.05) is 5.73 Å². The molecule has 0 saturated carbocycles. The first-order valence-electron chi connectivity index (χ1n) is 5.14. The lowest BCUT2D eigenvalue weighted by Gasteiger charge is -1.97. The topological polar surface area (TPSA) is 93.4 Å². The van der Waals surface area contributed by atoms with Gasteiger partial charge in [0.05, 0.1) is 5.52 Å². The number of nitrogens with zero attached hydrogens (tertiary/aromatic N) is 4. The van der Waals surface area contributed by atoms with Gasteiger partial charge in [-0.2, -0.15) is 0 Å². The number of hydrogen-bond donors (Lipinski definition) is 2. The first-order chi connectivity index (χ1) is 8.25. The van der Waals surface area contributed by atoms with Crippen molar-refractivity contribution in [3.8, 4) is 11.5 Å². The normalized spacial score (nSPS) is 10.9. The zero-order chi connectivity index (χ0) is 11.8. The highest BCUT2D eigenvalue weighted by Gasteiger charge is 2.11. The lowest BCUT2D eigenvalue weighted by atomic mass is 10.3. The highest BCUT2D eigenvalue weighted by molar-refractivity contribution is 5.79. The van der Waals surface area contributed by atoms with Crippen LogP contribution in [0.1, 0.15) is 5.56 Å². The summed E-state index contributed by atoms with van der Waals surface area (Å²) in [5, 5.41) is 0. The highest BCUT2D eigenvalue weighted by atomic mass is 15.0. The van der Waals surface area contributed by atoms with Gasteiger partial charge in [0.25, 0.3) is 0 Å². The number of hydrogen-bond acceptors (Lipinski definition) is 5. The second-order valence-electron chi connectivity index (χ2n) is 3.70. The lowest BCUT2D eigenvalue weighted by molar-refractivity contribution is 1.17. The molecular weight excluding hydrogens is 216 g/mol. The lowest BCUT2D eigenvalue weighted by Crippen LogP contribution is -1.96. The van der Waals surface area contributed by atoms with Crippen LogP contribution in [0.25, 0.3) is 22.7 Å². The summed E-state index contributed by atoms with van der Waals surface area (Å²) in [5.74, 6) is 0.941. The third-order valence-electron chi connectivity index (χ3n) is 2.55. The Kier molecular flexibility index (Phi) is 2.01. The first-order valence-corrected chi connectivity index (χ1v) is 5.14. The number of fused-ring (bicyclic) bond motifs is 1. The predicted molar refractivity (Wildman–Crippen MR) is 64.1 cm³/mol. The second-order valence-corrected chi connectivity index (χ2v) is 3.70. The molecule has 0 aliphatic rings. The van der Waals surface area contributed by atoms with Crippen molar-refractivity contribution in [3.05, 3.63) is 30.2 Å². The van der Waals surface area contributed by atoms with E-state index in [1.165, 1.54) is 0 Å². The maximum Gasteiger partial charge on any atom is 0.178 e. The van der Waals surface area contributed by atoms with Crippen molar-refractivity contribution < 1.29 is 0 Å². The van der Waals surface area contributed by atoms with E-state index < -0.39 is 0 Å². The van der Waals surface area contributed by atoms with E-state index in [2.05, 4.69) is 24.9 Å². The van der Waals surface area contributed by atoms with Crippen molar-refractivity contribution in [1.29, 1.82) is 0 Å². The Morgan fingerprint density at radius 3 is 2.71 bits per heavy atom. The van der Waals surface area contributed by atoms with Crippen LogP contribution in [0.4, 0.5) is 5.82 Å². The summed E-state index contributed by atoms with van der Waals surface area (Å²) in [7, 11) is 0. The standard InChI is InChI=1S/C11H10N6/c1-6-2-3-15-10-7(6)16-11(17-10)8-9(12)14-5-4-13-8/h2-5H,1H3,(H2,12,14)(H,15,16,17). The average molecular weight is 226 g/mol. The molecule has 0 unspecified atom stereocenters. The number of aryl methyl sites for hydroxylation is 1. The number of nitrogens with one attached hydrogen (secondary N) is 1. The molecule has 0 atom stereocenters. The number of H-pyrrole nitrogens is 1. The average Bonchev–Trinajstić information content (AvgIpc) is 2.75. The van der Waals surface area contributed by atoms with Crippen LogP contribution in [0, 0.1) is 6.92 Å². The highest BCUT2D eigenvalue weighted by Crippen LogP contribution is 2.22. The van der Waals surface area contributed by atoms with Gasteiger partial charge in [-0.1, -0.05) is 0 Å². The molecule has 0 aromatic carbocycles. The summed E-state index contributed by atoms with van der Waals surface area (Å²) in [6, 6.07) is 1.92. The van der Waals surface area contributed by atoms with Gasteiger partial charge >= 0.3 is 0 Å². The summed E-state index contributed by atoms with van der Waals surface area (Å²) in [6.07, 6.45) is 4.85. The molecule has 3 aromatic rings. The molecule has 3 N–H and O–H groups in total. The minimum absolute atomic E-state index is 0.351. The Balaban J connectivity index is 2.26. The third-order valence-corrected chi connectivity index (χ3v) is 2.55. The predicted octanol–water partition coefficient (Wildman–Crippen LogP) is 1.31. The Labute approximate surface area is 97.0 Å². The number of imidazole rings is 1. The molecule has 0 spiro atoms. The van der Waals surface area contributed by atoms with E-state index in [-0.39, 0.29) is 0 Å². The molecule has 0 bridgehead atoms. The van der Waals surface area contributed by atoms with Gasteiger partial charge in [0, 0.05) is 18.6 Å². The maximum atomic E-state index is 5.76. The van der Waals surface area contributed by atoms with Gasteiger partial charge in [-0.25, -0.2) is 19.9 Å². The number of nitrogens with two attached hydrogens (primary N) is 1.